The maximum absolute atomic E-state index is 12.2. The monoisotopic (exact) mass is 329 g/mol. The van der Waals surface area contributed by atoms with E-state index in [0.29, 0.717) is 0 Å². The number of anilines is 2. The molecule has 3 N–H and O–H groups in total. The Balaban J connectivity index is 2.50. The summed E-state index contributed by atoms with van der Waals surface area (Å²) in [5, 5.41) is 6.96. The molecule has 112 valence electrons. The predicted octanol–water partition coefficient (Wildman–Crippen LogP) is -0.342. The van der Waals surface area contributed by atoms with E-state index in [4.69, 9.17) is 5.73 Å². The zero-order valence-electron chi connectivity index (χ0n) is 10.8. The summed E-state index contributed by atoms with van der Waals surface area (Å²) >= 11 is 0. The predicted molar refractivity (Wildman–Crippen MR) is 74.6 cm³/mol. The molecule has 2 aromatic rings. The third kappa shape index (κ3) is 3.44. The summed E-state index contributed by atoms with van der Waals surface area (Å²) < 4.78 is 49.5. The fourth-order valence-corrected chi connectivity index (χ4v) is 3.27. The molecule has 0 bridgehead atoms. The Kier molecular flexibility index (Phi) is 3.78. The highest BCUT2D eigenvalue weighted by molar-refractivity contribution is 7.93. The van der Waals surface area contributed by atoms with Gasteiger partial charge in [-0.1, -0.05) is 0 Å². The Morgan fingerprint density at radius 1 is 1.14 bits per heavy atom. The molecule has 1 aromatic heterocycles. The van der Waals surface area contributed by atoms with E-state index in [-0.39, 0.29) is 21.4 Å². The molecule has 0 aliphatic carbocycles. The standard InChI is InChI=1S/C10H11N5O4S2/c1-20(16,17)7-2-3-8(11)9(6-7)21(18,19)15-10-12-4-5-13-14-10/h2-6H,11H2,1H3,(H,12,14,15). The summed E-state index contributed by atoms with van der Waals surface area (Å²) in [7, 11) is -7.70. The van der Waals surface area contributed by atoms with Crippen LogP contribution < -0.4 is 10.5 Å². The van der Waals surface area contributed by atoms with Crippen LogP contribution in [0.3, 0.4) is 0 Å². The van der Waals surface area contributed by atoms with Crippen LogP contribution in [-0.4, -0.2) is 38.3 Å². The quantitative estimate of drug-likeness (QED) is 0.724. The lowest BCUT2D eigenvalue weighted by Gasteiger charge is -2.09. The Labute approximate surface area is 121 Å². The van der Waals surface area contributed by atoms with Crippen molar-refractivity contribution in [2.75, 3.05) is 16.7 Å². The van der Waals surface area contributed by atoms with Gasteiger partial charge < -0.3 is 5.73 Å². The second kappa shape index (κ2) is 5.26. The highest BCUT2D eigenvalue weighted by atomic mass is 32.2. The molecule has 0 saturated carbocycles. The fourth-order valence-electron chi connectivity index (χ4n) is 1.45. The Hall–Kier alpha value is -2.27. The molecule has 11 heteroatoms. The number of hydrogen-bond donors (Lipinski definition) is 2. The van der Waals surface area contributed by atoms with Crippen LogP contribution in [0.4, 0.5) is 11.6 Å². The first kappa shape index (κ1) is 15.1. The van der Waals surface area contributed by atoms with E-state index in [9.17, 15) is 16.8 Å². The molecule has 0 atom stereocenters. The lowest BCUT2D eigenvalue weighted by molar-refractivity contribution is 0.599. The van der Waals surface area contributed by atoms with Gasteiger partial charge in [0.2, 0.25) is 0 Å². The highest BCUT2D eigenvalue weighted by Crippen LogP contribution is 2.23. The Morgan fingerprint density at radius 2 is 1.86 bits per heavy atom. The van der Waals surface area contributed by atoms with E-state index in [1.165, 1.54) is 24.5 Å². The molecular formula is C10H11N5O4S2. The van der Waals surface area contributed by atoms with Crippen molar-refractivity contribution < 1.29 is 16.8 Å². The first-order valence-corrected chi connectivity index (χ1v) is 8.84. The molecule has 0 saturated heterocycles. The molecule has 2 rings (SSSR count). The minimum Gasteiger partial charge on any atom is -0.398 e. The van der Waals surface area contributed by atoms with Gasteiger partial charge >= 0.3 is 0 Å². The number of hydrogen-bond acceptors (Lipinski definition) is 8. The minimum atomic E-state index is -4.13. The maximum atomic E-state index is 12.2. The van der Waals surface area contributed by atoms with Crippen LogP contribution in [0.15, 0.2) is 40.4 Å². The second-order valence-electron chi connectivity index (χ2n) is 4.04. The van der Waals surface area contributed by atoms with Crippen LogP contribution >= 0.6 is 0 Å². The molecule has 0 spiro atoms. The normalized spacial score (nSPS) is 12.0. The third-order valence-electron chi connectivity index (χ3n) is 2.41. The average Bonchev–Trinajstić information content (AvgIpc) is 2.38. The van der Waals surface area contributed by atoms with E-state index in [1.54, 1.807) is 0 Å². The lowest BCUT2D eigenvalue weighted by Crippen LogP contribution is -2.17. The maximum Gasteiger partial charge on any atom is 0.266 e. The number of nitrogens with two attached hydrogens (primary N) is 1. The van der Waals surface area contributed by atoms with Crippen molar-refractivity contribution in [3.05, 3.63) is 30.6 Å². The van der Waals surface area contributed by atoms with Crippen LogP contribution in [-0.2, 0) is 19.9 Å². The van der Waals surface area contributed by atoms with Gasteiger partial charge in [-0.2, -0.15) is 5.10 Å². The summed E-state index contributed by atoms with van der Waals surface area (Å²) in [5.74, 6) is -0.248. The number of nitrogens with one attached hydrogen (secondary N) is 1. The van der Waals surface area contributed by atoms with Crippen LogP contribution in [0.5, 0.6) is 0 Å². The van der Waals surface area contributed by atoms with Gasteiger partial charge in [-0.25, -0.2) is 26.5 Å². The number of rotatable bonds is 4. The highest BCUT2D eigenvalue weighted by Gasteiger charge is 2.21. The van der Waals surface area contributed by atoms with Crippen LogP contribution in [0.25, 0.3) is 0 Å². The zero-order chi connectivity index (χ0) is 15.7. The first-order chi connectivity index (χ1) is 9.70. The van der Waals surface area contributed by atoms with Gasteiger partial charge in [0.25, 0.3) is 16.0 Å². The Bertz CT molecular complexity index is 866. The van der Waals surface area contributed by atoms with E-state index in [0.717, 1.165) is 12.3 Å². The average molecular weight is 329 g/mol. The van der Waals surface area contributed by atoms with Crippen molar-refractivity contribution in [1.82, 2.24) is 15.2 Å². The van der Waals surface area contributed by atoms with Gasteiger partial charge in [0, 0.05) is 6.26 Å². The first-order valence-electron chi connectivity index (χ1n) is 5.46. The summed E-state index contributed by atoms with van der Waals surface area (Å²) in [4.78, 5) is 3.13. The van der Waals surface area contributed by atoms with Gasteiger partial charge in [0.05, 0.1) is 23.0 Å². The molecule has 9 nitrogen and oxygen atoms in total. The van der Waals surface area contributed by atoms with Gasteiger partial charge in [0.1, 0.15) is 4.90 Å². The molecule has 1 aromatic carbocycles. The van der Waals surface area contributed by atoms with Gasteiger partial charge in [-0.3, -0.25) is 0 Å². The third-order valence-corrected chi connectivity index (χ3v) is 4.91. The largest absolute Gasteiger partial charge is 0.398 e. The SMILES string of the molecule is CS(=O)(=O)c1ccc(N)c(S(=O)(=O)Nc2nccnn2)c1. The second-order valence-corrected chi connectivity index (χ2v) is 7.71. The van der Waals surface area contributed by atoms with E-state index in [1.807, 2.05) is 0 Å². The molecule has 1 heterocycles. The molecule has 0 fully saturated rings. The molecule has 0 radical (unpaired) electrons. The molecular weight excluding hydrogens is 318 g/mol. The van der Waals surface area contributed by atoms with Crippen molar-refractivity contribution in [3.63, 3.8) is 0 Å². The summed E-state index contributed by atoms with van der Waals surface area (Å²) in [6.45, 7) is 0. The Morgan fingerprint density at radius 3 is 2.43 bits per heavy atom. The number of sulfone groups is 1. The van der Waals surface area contributed by atoms with Crippen LogP contribution in [0.1, 0.15) is 0 Å². The number of nitrogen functional groups attached to an aromatic ring is 1. The molecule has 21 heavy (non-hydrogen) atoms. The van der Waals surface area contributed by atoms with E-state index in [2.05, 4.69) is 19.9 Å². The van der Waals surface area contributed by atoms with Crippen molar-refractivity contribution in [2.45, 2.75) is 9.79 Å². The van der Waals surface area contributed by atoms with Crippen molar-refractivity contribution in [2.24, 2.45) is 0 Å². The minimum absolute atomic E-state index is 0.0983. The van der Waals surface area contributed by atoms with Crippen LogP contribution in [0, 0.1) is 0 Å². The number of aromatic nitrogens is 3. The number of benzene rings is 1. The van der Waals surface area contributed by atoms with E-state index >= 15 is 0 Å². The molecule has 0 aliphatic rings. The van der Waals surface area contributed by atoms with Gasteiger partial charge in [-0.15, -0.1) is 5.10 Å². The number of sulfonamides is 1. The molecule has 0 amide bonds. The number of nitrogens with zero attached hydrogens (tertiary/aromatic N) is 3. The van der Waals surface area contributed by atoms with Crippen molar-refractivity contribution >= 4 is 31.5 Å². The topological polar surface area (TPSA) is 145 Å². The zero-order valence-corrected chi connectivity index (χ0v) is 12.4. The van der Waals surface area contributed by atoms with Crippen molar-refractivity contribution in [1.29, 1.82) is 0 Å². The molecule has 0 unspecified atom stereocenters. The smallest absolute Gasteiger partial charge is 0.266 e. The van der Waals surface area contributed by atoms with Gasteiger partial charge in [-0.05, 0) is 18.2 Å². The molecule has 0 aliphatic heterocycles. The van der Waals surface area contributed by atoms with Gasteiger partial charge in [0.15, 0.2) is 9.84 Å². The fraction of sp³-hybridized carbons (Fsp3) is 0.100. The lowest BCUT2D eigenvalue weighted by atomic mass is 10.3. The summed E-state index contributed by atoms with van der Waals surface area (Å²) in [5.41, 5.74) is 5.50. The van der Waals surface area contributed by atoms with Crippen LogP contribution in [0.2, 0.25) is 0 Å². The summed E-state index contributed by atoms with van der Waals surface area (Å²) in [6.07, 6.45) is 3.49. The summed E-state index contributed by atoms with van der Waals surface area (Å²) in [6, 6.07) is 3.41. The van der Waals surface area contributed by atoms with Crippen molar-refractivity contribution in [3.8, 4) is 0 Å². The van der Waals surface area contributed by atoms with E-state index < -0.39 is 19.9 Å².